The van der Waals surface area contributed by atoms with Crippen LogP contribution in [0.1, 0.15) is 12.5 Å². The van der Waals surface area contributed by atoms with Crippen molar-refractivity contribution in [3.8, 4) is 0 Å². The van der Waals surface area contributed by atoms with Crippen LogP contribution in [0.15, 0.2) is 30.3 Å². The van der Waals surface area contributed by atoms with Gasteiger partial charge in [0.1, 0.15) is 6.54 Å². The Labute approximate surface area is 92.5 Å². The molecule has 15 heavy (non-hydrogen) atoms. The highest BCUT2D eigenvalue weighted by Gasteiger charge is 2.27. The molecule has 0 atom stereocenters. The number of likely N-dealkylation sites (N-methyl/N-ethyl adjacent to an activating group) is 1. The second-order valence-electron chi connectivity index (χ2n) is 4.50. The van der Waals surface area contributed by atoms with E-state index in [0.29, 0.717) is 0 Å². The minimum atomic E-state index is 1.17. The van der Waals surface area contributed by atoms with Crippen molar-refractivity contribution in [2.24, 2.45) is 0 Å². The standard InChI is InChI=1S/C13H21N2/c1-2-15(10-8-14-9-11-15)12-13-6-4-3-5-7-13/h3-7,14H,2,8-12H2,1H3/q+1. The normalized spacial score (nSPS) is 20.1. The molecule has 0 amide bonds. The average molecular weight is 205 g/mol. The van der Waals surface area contributed by atoms with Gasteiger partial charge in [-0.25, -0.2) is 0 Å². The summed E-state index contributed by atoms with van der Waals surface area (Å²) < 4.78 is 1.25. The molecular formula is C13H21N2+. The minimum Gasteiger partial charge on any atom is -0.318 e. The number of hydrogen-bond donors (Lipinski definition) is 1. The molecule has 1 fully saturated rings. The number of rotatable bonds is 3. The molecule has 0 bridgehead atoms. The molecule has 1 aromatic rings. The smallest absolute Gasteiger partial charge is 0.104 e. The van der Waals surface area contributed by atoms with Gasteiger partial charge in [-0.1, -0.05) is 30.3 Å². The topological polar surface area (TPSA) is 12.0 Å². The lowest BCUT2D eigenvalue weighted by Crippen LogP contribution is -2.57. The van der Waals surface area contributed by atoms with E-state index in [4.69, 9.17) is 0 Å². The SMILES string of the molecule is CC[N+]1(Cc2ccccc2)CCNCC1. The van der Waals surface area contributed by atoms with E-state index in [0.717, 1.165) is 0 Å². The molecule has 82 valence electrons. The third-order valence-corrected chi connectivity index (χ3v) is 3.56. The lowest BCUT2D eigenvalue weighted by atomic mass is 10.1. The molecule has 0 aliphatic carbocycles. The van der Waals surface area contributed by atoms with Gasteiger partial charge in [0.05, 0.1) is 19.6 Å². The van der Waals surface area contributed by atoms with Crippen LogP contribution in [-0.4, -0.2) is 37.2 Å². The molecule has 1 heterocycles. The fraction of sp³-hybridized carbons (Fsp3) is 0.538. The van der Waals surface area contributed by atoms with E-state index < -0.39 is 0 Å². The molecular weight excluding hydrogens is 184 g/mol. The van der Waals surface area contributed by atoms with Crippen molar-refractivity contribution in [1.29, 1.82) is 0 Å². The summed E-state index contributed by atoms with van der Waals surface area (Å²) in [5, 5.41) is 3.44. The minimum absolute atomic E-state index is 1.17. The molecule has 0 radical (unpaired) electrons. The Bertz CT molecular complexity index is 289. The zero-order chi connectivity index (χ0) is 10.6. The van der Waals surface area contributed by atoms with Crippen molar-refractivity contribution in [2.75, 3.05) is 32.7 Å². The molecule has 0 saturated carbocycles. The van der Waals surface area contributed by atoms with Crippen molar-refractivity contribution >= 4 is 0 Å². The van der Waals surface area contributed by atoms with Gasteiger partial charge in [-0.2, -0.15) is 0 Å². The van der Waals surface area contributed by atoms with Crippen molar-refractivity contribution < 1.29 is 4.48 Å². The zero-order valence-electron chi connectivity index (χ0n) is 9.58. The lowest BCUT2D eigenvalue weighted by molar-refractivity contribution is -0.940. The molecule has 1 N–H and O–H groups in total. The van der Waals surface area contributed by atoms with Crippen molar-refractivity contribution in [3.63, 3.8) is 0 Å². The van der Waals surface area contributed by atoms with Crippen LogP contribution in [0, 0.1) is 0 Å². The fourth-order valence-electron chi connectivity index (χ4n) is 2.43. The Morgan fingerprint density at radius 1 is 1.13 bits per heavy atom. The first-order valence-corrected chi connectivity index (χ1v) is 5.94. The first-order chi connectivity index (χ1) is 7.35. The number of quaternary nitrogens is 1. The predicted molar refractivity (Wildman–Crippen MR) is 63.6 cm³/mol. The maximum absolute atomic E-state index is 3.44. The van der Waals surface area contributed by atoms with Crippen LogP contribution < -0.4 is 5.32 Å². The van der Waals surface area contributed by atoms with Gasteiger partial charge in [0.15, 0.2) is 0 Å². The van der Waals surface area contributed by atoms with Crippen LogP contribution in [0.25, 0.3) is 0 Å². The molecule has 1 aromatic carbocycles. The van der Waals surface area contributed by atoms with E-state index >= 15 is 0 Å². The Morgan fingerprint density at radius 3 is 2.40 bits per heavy atom. The van der Waals surface area contributed by atoms with Gasteiger partial charge in [-0.05, 0) is 6.92 Å². The second-order valence-corrected chi connectivity index (χ2v) is 4.50. The van der Waals surface area contributed by atoms with E-state index in [9.17, 15) is 0 Å². The van der Waals surface area contributed by atoms with E-state index in [1.54, 1.807) is 0 Å². The summed E-state index contributed by atoms with van der Waals surface area (Å²) in [5.74, 6) is 0. The van der Waals surface area contributed by atoms with E-state index in [1.807, 2.05) is 0 Å². The summed E-state index contributed by atoms with van der Waals surface area (Å²) >= 11 is 0. The van der Waals surface area contributed by atoms with Gasteiger partial charge >= 0.3 is 0 Å². The first kappa shape index (κ1) is 10.7. The molecule has 1 aliphatic rings. The van der Waals surface area contributed by atoms with Crippen LogP contribution in [0.5, 0.6) is 0 Å². The molecule has 2 nitrogen and oxygen atoms in total. The third-order valence-electron chi connectivity index (χ3n) is 3.56. The summed E-state index contributed by atoms with van der Waals surface area (Å²) in [6, 6.07) is 10.9. The van der Waals surface area contributed by atoms with Crippen molar-refractivity contribution in [2.45, 2.75) is 13.5 Å². The average Bonchev–Trinajstić information content (AvgIpc) is 2.32. The number of nitrogens with zero attached hydrogens (tertiary/aromatic N) is 1. The molecule has 1 aliphatic heterocycles. The third kappa shape index (κ3) is 2.58. The molecule has 0 aromatic heterocycles. The molecule has 2 rings (SSSR count). The van der Waals surface area contributed by atoms with Crippen LogP contribution in [-0.2, 0) is 6.54 Å². The van der Waals surface area contributed by atoms with Gasteiger partial charge in [0, 0.05) is 18.7 Å². The quantitative estimate of drug-likeness (QED) is 0.740. The van der Waals surface area contributed by atoms with E-state index in [-0.39, 0.29) is 0 Å². The van der Waals surface area contributed by atoms with Gasteiger partial charge in [-0.3, -0.25) is 0 Å². The molecule has 2 heteroatoms. The summed E-state index contributed by atoms with van der Waals surface area (Å²) in [6.07, 6.45) is 0. The zero-order valence-corrected chi connectivity index (χ0v) is 9.58. The van der Waals surface area contributed by atoms with Crippen LogP contribution in [0.2, 0.25) is 0 Å². The maximum atomic E-state index is 3.44. The fourth-order valence-corrected chi connectivity index (χ4v) is 2.43. The molecule has 0 unspecified atom stereocenters. The molecule has 0 spiro atoms. The Balaban J connectivity index is 2.07. The van der Waals surface area contributed by atoms with Crippen LogP contribution in [0.3, 0.4) is 0 Å². The summed E-state index contributed by atoms with van der Waals surface area (Å²) in [7, 11) is 0. The van der Waals surface area contributed by atoms with Crippen molar-refractivity contribution in [1.82, 2.24) is 5.32 Å². The Kier molecular flexibility index (Phi) is 3.39. The van der Waals surface area contributed by atoms with Gasteiger partial charge in [0.25, 0.3) is 0 Å². The number of piperazine rings is 1. The Morgan fingerprint density at radius 2 is 1.80 bits per heavy atom. The first-order valence-electron chi connectivity index (χ1n) is 5.94. The summed E-state index contributed by atoms with van der Waals surface area (Å²) in [6.45, 7) is 9.63. The van der Waals surface area contributed by atoms with E-state index in [1.165, 1.54) is 49.3 Å². The van der Waals surface area contributed by atoms with Gasteiger partial charge in [0.2, 0.25) is 0 Å². The van der Waals surface area contributed by atoms with Gasteiger partial charge in [-0.15, -0.1) is 0 Å². The Hall–Kier alpha value is -0.860. The highest BCUT2D eigenvalue weighted by Crippen LogP contribution is 2.15. The highest BCUT2D eigenvalue weighted by atomic mass is 15.4. The highest BCUT2D eigenvalue weighted by molar-refractivity contribution is 5.13. The number of nitrogens with one attached hydrogen (secondary N) is 1. The van der Waals surface area contributed by atoms with E-state index in [2.05, 4.69) is 42.6 Å². The number of hydrogen-bond acceptors (Lipinski definition) is 1. The maximum Gasteiger partial charge on any atom is 0.104 e. The summed E-state index contributed by atoms with van der Waals surface area (Å²) in [4.78, 5) is 0. The van der Waals surface area contributed by atoms with Gasteiger partial charge < -0.3 is 9.80 Å². The lowest BCUT2D eigenvalue weighted by Gasteiger charge is -2.41. The van der Waals surface area contributed by atoms with Crippen LogP contribution in [0.4, 0.5) is 0 Å². The van der Waals surface area contributed by atoms with Crippen molar-refractivity contribution in [3.05, 3.63) is 35.9 Å². The monoisotopic (exact) mass is 205 g/mol. The molecule has 1 saturated heterocycles. The second kappa shape index (κ2) is 4.77. The predicted octanol–water partition coefficient (Wildman–Crippen LogP) is 1.63. The largest absolute Gasteiger partial charge is 0.318 e. The number of benzene rings is 1. The van der Waals surface area contributed by atoms with Crippen LogP contribution >= 0.6 is 0 Å². The summed E-state index contributed by atoms with van der Waals surface area (Å²) in [5.41, 5.74) is 1.47.